The van der Waals surface area contributed by atoms with Crippen LogP contribution in [0.15, 0.2) is 0 Å². The average Bonchev–Trinajstić information content (AvgIpc) is 2.70. The number of methoxy groups -OCH3 is 1. The van der Waals surface area contributed by atoms with E-state index in [0.29, 0.717) is 25.6 Å². The first-order valence-corrected chi connectivity index (χ1v) is 6.92. The van der Waals surface area contributed by atoms with E-state index >= 15 is 0 Å². The molecule has 1 heterocycles. The molecule has 1 rings (SSSR count). The molecule has 0 aromatic carbocycles. The summed E-state index contributed by atoms with van der Waals surface area (Å²) in [5.74, 6) is 2.37. The summed E-state index contributed by atoms with van der Waals surface area (Å²) in [5.41, 5.74) is 5.67. The number of thioether (sulfide) groups is 1. The number of hydrogen-bond acceptors (Lipinski definition) is 4. The van der Waals surface area contributed by atoms with E-state index in [2.05, 4.69) is 0 Å². The monoisotopic (exact) mass is 246 g/mol. The van der Waals surface area contributed by atoms with Crippen LogP contribution in [-0.4, -0.2) is 54.7 Å². The lowest BCUT2D eigenvalue weighted by molar-refractivity contribution is -0.134. The van der Waals surface area contributed by atoms with Gasteiger partial charge in [0.25, 0.3) is 0 Å². The second-order valence-electron chi connectivity index (χ2n) is 4.28. The highest BCUT2D eigenvalue weighted by atomic mass is 32.2. The van der Waals surface area contributed by atoms with Gasteiger partial charge < -0.3 is 15.4 Å². The summed E-state index contributed by atoms with van der Waals surface area (Å²) >= 11 is 1.91. The molecule has 4 nitrogen and oxygen atoms in total. The predicted molar refractivity (Wildman–Crippen MR) is 67.6 cm³/mol. The molecule has 1 fully saturated rings. The number of hydrogen-bond donors (Lipinski definition) is 1. The van der Waals surface area contributed by atoms with E-state index in [1.54, 1.807) is 7.11 Å². The molecule has 0 aliphatic carbocycles. The van der Waals surface area contributed by atoms with E-state index in [1.807, 2.05) is 23.6 Å². The van der Waals surface area contributed by atoms with E-state index in [1.165, 1.54) is 0 Å². The molecule has 2 N–H and O–H groups in total. The fourth-order valence-electron chi connectivity index (χ4n) is 1.86. The molecule has 5 heteroatoms. The minimum Gasteiger partial charge on any atom is -0.383 e. The molecular weight excluding hydrogens is 224 g/mol. The normalized spacial score (nSPS) is 22.1. The molecule has 1 saturated heterocycles. The van der Waals surface area contributed by atoms with Gasteiger partial charge in [-0.05, 0) is 19.1 Å². The van der Waals surface area contributed by atoms with Gasteiger partial charge in [0.05, 0.1) is 6.61 Å². The lowest BCUT2D eigenvalue weighted by atomic mass is 10.1. The molecule has 0 saturated carbocycles. The molecule has 0 aromatic rings. The first-order valence-electron chi connectivity index (χ1n) is 5.77. The van der Waals surface area contributed by atoms with Crippen LogP contribution in [0.4, 0.5) is 0 Å². The van der Waals surface area contributed by atoms with E-state index in [4.69, 9.17) is 10.5 Å². The Labute approximate surface area is 102 Å². The van der Waals surface area contributed by atoms with Crippen LogP contribution in [0.3, 0.4) is 0 Å². The first kappa shape index (κ1) is 13.8. The number of amides is 1. The highest BCUT2D eigenvalue weighted by Gasteiger charge is 2.26. The summed E-state index contributed by atoms with van der Waals surface area (Å²) in [7, 11) is 1.66. The Hall–Kier alpha value is -0.260. The maximum absolute atomic E-state index is 12.0. The van der Waals surface area contributed by atoms with Crippen molar-refractivity contribution in [3.8, 4) is 0 Å². The second kappa shape index (κ2) is 7.14. The quantitative estimate of drug-likeness (QED) is 0.750. The Morgan fingerprint density at radius 1 is 1.69 bits per heavy atom. The lowest BCUT2D eigenvalue weighted by Crippen LogP contribution is -2.44. The molecule has 0 spiro atoms. The van der Waals surface area contributed by atoms with Crippen LogP contribution in [0.25, 0.3) is 0 Å². The zero-order chi connectivity index (χ0) is 12.0. The Morgan fingerprint density at radius 2 is 2.44 bits per heavy atom. The smallest absolute Gasteiger partial charge is 0.224 e. The third-order valence-electron chi connectivity index (χ3n) is 2.70. The van der Waals surface area contributed by atoms with Gasteiger partial charge in [-0.25, -0.2) is 0 Å². The fraction of sp³-hybridized carbons (Fsp3) is 0.909. The summed E-state index contributed by atoms with van der Waals surface area (Å²) < 4.78 is 5.06. The van der Waals surface area contributed by atoms with Crippen LogP contribution in [0.1, 0.15) is 19.8 Å². The Bertz CT molecular complexity index is 218. The Balaban J connectivity index is 2.51. The zero-order valence-electron chi connectivity index (χ0n) is 10.1. The van der Waals surface area contributed by atoms with Gasteiger partial charge in [0.2, 0.25) is 5.91 Å². The molecule has 2 unspecified atom stereocenters. The molecule has 16 heavy (non-hydrogen) atoms. The Kier molecular flexibility index (Phi) is 6.16. The summed E-state index contributed by atoms with van der Waals surface area (Å²) in [4.78, 5) is 14.0. The molecule has 1 amide bonds. The third-order valence-corrected chi connectivity index (χ3v) is 3.84. The second-order valence-corrected chi connectivity index (χ2v) is 5.43. The molecule has 1 aliphatic rings. The Morgan fingerprint density at radius 3 is 2.94 bits per heavy atom. The predicted octanol–water partition coefficient (Wildman–Crippen LogP) is 0.704. The van der Waals surface area contributed by atoms with Crippen molar-refractivity contribution in [2.45, 2.75) is 31.8 Å². The van der Waals surface area contributed by atoms with Gasteiger partial charge in [0.15, 0.2) is 0 Å². The van der Waals surface area contributed by atoms with Crippen molar-refractivity contribution in [1.29, 1.82) is 0 Å². The SMILES string of the molecule is COCCN(C(=O)CC(C)N)C1CCSC1. The first-order chi connectivity index (χ1) is 7.65. The third kappa shape index (κ3) is 4.31. The summed E-state index contributed by atoms with van der Waals surface area (Å²) in [6.07, 6.45) is 1.53. The van der Waals surface area contributed by atoms with E-state index in [-0.39, 0.29) is 11.9 Å². The summed E-state index contributed by atoms with van der Waals surface area (Å²) in [5, 5.41) is 0. The van der Waals surface area contributed by atoms with Crippen molar-refractivity contribution in [3.63, 3.8) is 0 Å². The average molecular weight is 246 g/mol. The van der Waals surface area contributed by atoms with Crippen molar-refractivity contribution in [1.82, 2.24) is 4.90 Å². The molecule has 94 valence electrons. The summed E-state index contributed by atoms with van der Waals surface area (Å²) in [6, 6.07) is 0.318. The number of ether oxygens (including phenoxy) is 1. The standard InChI is InChI=1S/C11H22N2O2S/c1-9(12)7-11(14)13(4-5-15-2)10-3-6-16-8-10/h9-10H,3-8,12H2,1-2H3. The molecule has 0 aromatic heterocycles. The van der Waals surface area contributed by atoms with E-state index in [0.717, 1.165) is 17.9 Å². The van der Waals surface area contributed by atoms with Gasteiger partial charge in [0, 0.05) is 37.9 Å². The van der Waals surface area contributed by atoms with Gasteiger partial charge >= 0.3 is 0 Å². The van der Waals surface area contributed by atoms with Gasteiger partial charge in [0.1, 0.15) is 0 Å². The highest BCUT2D eigenvalue weighted by Crippen LogP contribution is 2.22. The van der Waals surface area contributed by atoms with Crippen LogP contribution in [0, 0.1) is 0 Å². The van der Waals surface area contributed by atoms with Gasteiger partial charge in [-0.15, -0.1) is 0 Å². The van der Waals surface area contributed by atoms with Crippen LogP contribution >= 0.6 is 11.8 Å². The molecule has 0 bridgehead atoms. The maximum Gasteiger partial charge on any atom is 0.224 e. The fourth-order valence-corrected chi connectivity index (χ4v) is 3.09. The van der Waals surface area contributed by atoms with E-state index < -0.39 is 0 Å². The molecular formula is C11H22N2O2S. The van der Waals surface area contributed by atoms with Gasteiger partial charge in [-0.2, -0.15) is 11.8 Å². The van der Waals surface area contributed by atoms with Crippen LogP contribution in [0.5, 0.6) is 0 Å². The minimum absolute atomic E-state index is 0.0633. The lowest BCUT2D eigenvalue weighted by Gasteiger charge is -2.29. The van der Waals surface area contributed by atoms with Gasteiger partial charge in [-0.1, -0.05) is 0 Å². The summed E-state index contributed by atoms with van der Waals surface area (Å²) in [6.45, 7) is 3.16. The zero-order valence-corrected chi connectivity index (χ0v) is 11.0. The largest absolute Gasteiger partial charge is 0.383 e. The van der Waals surface area contributed by atoms with Crippen molar-refractivity contribution in [2.75, 3.05) is 31.8 Å². The number of rotatable bonds is 6. The minimum atomic E-state index is -0.0633. The van der Waals surface area contributed by atoms with Crippen molar-refractivity contribution >= 4 is 17.7 Å². The molecule has 0 radical (unpaired) electrons. The maximum atomic E-state index is 12.0. The number of nitrogens with two attached hydrogens (primary N) is 1. The molecule has 2 atom stereocenters. The van der Waals surface area contributed by atoms with Crippen LogP contribution in [0.2, 0.25) is 0 Å². The van der Waals surface area contributed by atoms with Gasteiger partial charge in [-0.3, -0.25) is 4.79 Å². The van der Waals surface area contributed by atoms with Crippen LogP contribution in [-0.2, 0) is 9.53 Å². The van der Waals surface area contributed by atoms with E-state index in [9.17, 15) is 4.79 Å². The van der Waals surface area contributed by atoms with Crippen molar-refractivity contribution < 1.29 is 9.53 Å². The molecule has 1 aliphatic heterocycles. The highest BCUT2D eigenvalue weighted by molar-refractivity contribution is 7.99. The van der Waals surface area contributed by atoms with Crippen molar-refractivity contribution in [3.05, 3.63) is 0 Å². The van der Waals surface area contributed by atoms with Crippen molar-refractivity contribution in [2.24, 2.45) is 5.73 Å². The number of carbonyl (C=O) groups is 1. The van der Waals surface area contributed by atoms with Crippen LogP contribution < -0.4 is 5.73 Å². The number of carbonyl (C=O) groups excluding carboxylic acids is 1. The topological polar surface area (TPSA) is 55.6 Å². The number of nitrogens with zero attached hydrogens (tertiary/aromatic N) is 1.